The van der Waals surface area contributed by atoms with Crippen LogP contribution in [0.15, 0.2) is 40.3 Å². The minimum Gasteiger partial charge on any atom is -0.327 e. The zero-order chi connectivity index (χ0) is 15.4. The lowest BCUT2D eigenvalue weighted by atomic mass is 10.0. The molecule has 1 unspecified atom stereocenters. The first-order chi connectivity index (χ1) is 9.97. The first kappa shape index (κ1) is 16.1. The van der Waals surface area contributed by atoms with E-state index in [1.165, 1.54) is 21.6 Å². The number of rotatable bonds is 5. The Morgan fingerprint density at radius 1 is 1.14 bits per heavy atom. The predicted octanol–water partition coefficient (Wildman–Crippen LogP) is 4.44. The van der Waals surface area contributed by atoms with E-state index in [1.807, 2.05) is 6.92 Å². The highest BCUT2D eigenvalue weighted by molar-refractivity contribution is 7.99. The van der Waals surface area contributed by atoms with Gasteiger partial charge in [-0.25, -0.2) is 4.98 Å². The minimum absolute atomic E-state index is 0.253. The molecule has 0 spiro atoms. The van der Waals surface area contributed by atoms with E-state index in [0.717, 1.165) is 23.6 Å². The Kier molecular flexibility index (Phi) is 5.43. The number of benzene rings is 1. The van der Waals surface area contributed by atoms with Gasteiger partial charge in [0.15, 0.2) is 0 Å². The Bertz CT molecular complexity index is 602. The molecule has 2 aromatic rings. The van der Waals surface area contributed by atoms with Crippen LogP contribution in [-0.2, 0) is 6.42 Å². The fourth-order valence-electron chi connectivity index (χ4n) is 2.37. The molecule has 0 amide bonds. The summed E-state index contributed by atoms with van der Waals surface area (Å²) in [4.78, 5) is 5.82. The summed E-state index contributed by atoms with van der Waals surface area (Å²) in [6.45, 7) is 8.45. The van der Waals surface area contributed by atoms with Crippen molar-refractivity contribution in [2.24, 2.45) is 5.73 Å². The molecule has 2 nitrogen and oxygen atoms in total. The summed E-state index contributed by atoms with van der Waals surface area (Å²) in [5.41, 5.74) is 11.0. The van der Waals surface area contributed by atoms with Crippen LogP contribution in [0, 0.1) is 20.8 Å². The van der Waals surface area contributed by atoms with Crippen molar-refractivity contribution in [1.29, 1.82) is 0 Å². The van der Waals surface area contributed by atoms with Crippen LogP contribution in [0.5, 0.6) is 0 Å². The molecule has 1 heterocycles. The lowest BCUT2D eigenvalue weighted by molar-refractivity contribution is 0.644. The molecule has 0 bridgehead atoms. The fraction of sp³-hybridized carbons (Fsp3) is 0.389. The van der Waals surface area contributed by atoms with Gasteiger partial charge in [0.2, 0.25) is 0 Å². The summed E-state index contributed by atoms with van der Waals surface area (Å²) in [5, 5.41) is 1.06. The molecule has 21 heavy (non-hydrogen) atoms. The largest absolute Gasteiger partial charge is 0.327 e. The van der Waals surface area contributed by atoms with E-state index in [2.05, 4.69) is 56.1 Å². The summed E-state index contributed by atoms with van der Waals surface area (Å²) in [6, 6.07) is 11.1. The van der Waals surface area contributed by atoms with Crippen LogP contribution < -0.4 is 5.73 Å². The summed E-state index contributed by atoms with van der Waals surface area (Å²) in [7, 11) is 0. The smallest absolute Gasteiger partial charge is 0.101 e. The first-order valence-electron chi connectivity index (χ1n) is 7.46. The van der Waals surface area contributed by atoms with Crippen molar-refractivity contribution < 1.29 is 0 Å². The Morgan fingerprint density at radius 3 is 2.52 bits per heavy atom. The molecule has 2 N–H and O–H groups in total. The molecule has 3 heteroatoms. The highest BCUT2D eigenvalue weighted by Crippen LogP contribution is 2.29. The normalized spacial score (nSPS) is 12.4. The molecule has 1 aromatic heterocycles. The Balaban J connectivity index is 2.16. The van der Waals surface area contributed by atoms with Gasteiger partial charge in [-0.3, -0.25) is 0 Å². The van der Waals surface area contributed by atoms with Gasteiger partial charge in [0.1, 0.15) is 5.03 Å². The second-order valence-electron chi connectivity index (χ2n) is 5.69. The lowest BCUT2D eigenvalue weighted by Crippen LogP contribution is -2.21. The maximum atomic E-state index is 6.05. The average Bonchev–Trinajstić information content (AvgIpc) is 2.40. The zero-order valence-electron chi connectivity index (χ0n) is 13.3. The molecule has 0 saturated carbocycles. The zero-order valence-corrected chi connectivity index (χ0v) is 14.1. The van der Waals surface area contributed by atoms with Gasteiger partial charge in [0.25, 0.3) is 0 Å². The van der Waals surface area contributed by atoms with Gasteiger partial charge >= 0.3 is 0 Å². The van der Waals surface area contributed by atoms with Crippen LogP contribution in [0.3, 0.4) is 0 Å². The molecule has 0 fully saturated rings. The van der Waals surface area contributed by atoms with Crippen molar-refractivity contribution >= 4 is 11.8 Å². The van der Waals surface area contributed by atoms with Crippen LogP contribution in [0.1, 0.15) is 35.7 Å². The van der Waals surface area contributed by atoms with Crippen LogP contribution >= 0.6 is 11.8 Å². The topological polar surface area (TPSA) is 38.9 Å². The van der Waals surface area contributed by atoms with E-state index in [4.69, 9.17) is 5.73 Å². The van der Waals surface area contributed by atoms with E-state index in [9.17, 15) is 0 Å². The van der Waals surface area contributed by atoms with Gasteiger partial charge < -0.3 is 5.73 Å². The Hall–Kier alpha value is -1.32. The molecule has 1 aromatic carbocycles. The number of nitrogens with zero attached hydrogens (tertiary/aromatic N) is 1. The molecule has 0 aliphatic heterocycles. The monoisotopic (exact) mass is 300 g/mol. The van der Waals surface area contributed by atoms with E-state index < -0.39 is 0 Å². The summed E-state index contributed by atoms with van der Waals surface area (Å²) in [6.07, 6.45) is 1.97. The lowest BCUT2D eigenvalue weighted by Gasteiger charge is -2.12. The third-order valence-electron chi connectivity index (χ3n) is 3.62. The van der Waals surface area contributed by atoms with Gasteiger partial charge in [-0.05, 0) is 74.6 Å². The number of hydrogen-bond acceptors (Lipinski definition) is 3. The summed E-state index contributed by atoms with van der Waals surface area (Å²) < 4.78 is 0. The average molecular weight is 300 g/mol. The second-order valence-corrected chi connectivity index (χ2v) is 6.78. The van der Waals surface area contributed by atoms with Crippen LogP contribution in [-0.4, -0.2) is 11.0 Å². The molecule has 1 atom stereocenters. The third kappa shape index (κ3) is 4.58. The molecular formula is C18H24N2S. The third-order valence-corrected chi connectivity index (χ3v) is 4.53. The van der Waals surface area contributed by atoms with Gasteiger partial charge in [-0.1, -0.05) is 24.8 Å². The maximum absolute atomic E-state index is 6.05. The van der Waals surface area contributed by atoms with Crippen LogP contribution in [0.2, 0.25) is 0 Å². The number of aromatic nitrogens is 1. The molecule has 112 valence electrons. The molecular weight excluding hydrogens is 276 g/mol. The second kappa shape index (κ2) is 7.10. The number of pyridine rings is 1. The van der Waals surface area contributed by atoms with Gasteiger partial charge in [-0.15, -0.1) is 0 Å². The van der Waals surface area contributed by atoms with E-state index >= 15 is 0 Å². The van der Waals surface area contributed by atoms with Gasteiger partial charge in [0.05, 0.1) is 0 Å². The van der Waals surface area contributed by atoms with Crippen LogP contribution in [0.4, 0.5) is 0 Å². The molecule has 0 aliphatic carbocycles. The fourth-order valence-corrected chi connectivity index (χ4v) is 3.41. The Morgan fingerprint density at radius 2 is 1.90 bits per heavy atom. The predicted molar refractivity (Wildman–Crippen MR) is 91.0 cm³/mol. The maximum Gasteiger partial charge on any atom is 0.101 e. The van der Waals surface area contributed by atoms with Gasteiger partial charge in [0, 0.05) is 16.6 Å². The van der Waals surface area contributed by atoms with Crippen LogP contribution in [0.25, 0.3) is 0 Å². The highest BCUT2D eigenvalue weighted by atomic mass is 32.2. The van der Waals surface area contributed by atoms with Gasteiger partial charge in [-0.2, -0.15) is 0 Å². The van der Waals surface area contributed by atoms with Crippen molar-refractivity contribution in [2.75, 3.05) is 0 Å². The van der Waals surface area contributed by atoms with Crippen molar-refractivity contribution in [3.8, 4) is 0 Å². The Labute approximate surface area is 132 Å². The molecule has 2 rings (SSSR count). The number of aryl methyl sites for hydroxylation is 3. The van der Waals surface area contributed by atoms with Crippen molar-refractivity contribution in [2.45, 2.75) is 56.5 Å². The SMILES string of the molecule is CCC(N)Cc1ccc(Sc2cc(C)cc(C)n2)cc1C. The van der Waals surface area contributed by atoms with Crippen molar-refractivity contribution in [3.05, 3.63) is 52.7 Å². The summed E-state index contributed by atoms with van der Waals surface area (Å²) in [5.74, 6) is 0. The van der Waals surface area contributed by atoms with Crippen molar-refractivity contribution in [3.63, 3.8) is 0 Å². The van der Waals surface area contributed by atoms with E-state index in [1.54, 1.807) is 11.8 Å². The van der Waals surface area contributed by atoms with Crippen molar-refractivity contribution in [1.82, 2.24) is 4.98 Å². The molecule has 0 saturated heterocycles. The number of hydrogen-bond donors (Lipinski definition) is 1. The quantitative estimate of drug-likeness (QED) is 0.887. The summed E-state index contributed by atoms with van der Waals surface area (Å²) >= 11 is 1.72. The first-order valence-corrected chi connectivity index (χ1v) is 8.28. The molecule has 0 aliphatic rings. The minimum atomic E-state index is 0.253. The molecule has 0 radical (unpaired) electrons. The van der Waals surface area contributed by atoms with E-state index in [-0.39, 0.29) is 6.04 Å². The standard InChI is InChI=1S/C18H24N2S/c1-5-16(19)11-15-6-7-17(10-13(15)3)21-18-9-12(2)8-14(4)20-18/h6-10,16H,5,11,19H2,1-4H3. The van der Waals surface area contributed by atoms with E-state index in [0.29, 0.717) is 0 Å². The number of nitrogens with two attached hydrogens (primary N) is 1. The highest BCUT2D eigenvalue weighted by Gasteiger charge is 2.07.